The number of rotatable bonds is 6. The fourth-order valence-electron chi connectivity index (χ4n) is 2.19. The van der Waals surface area contributed by atoms with Crippen LogP contribution in [0.5, 0.6) is 0 Å². The number of anilines is 1. The Labute approximate surface area is 122 Å². The van der Waals surface area contributed by atoms with Crippen molar-refractivity contribution in [3.05, 3.63) is 29.3 Å². The number of carbonyl (C=O) groups excluding carboxylic acids is 1. The Morgan fingerprint density at radius 1 is 1.35 bits per heavy atom. The van der Waals surface area contributed by atoms with E-state index in [1.165, 1.54) is 0 Å². The Kier molecular flexibility index (Phi) is 6.02. The number of hydrogen-bond donors (Lipinski definition) is 2. The summed E-state index contributed by atoms with van der Waals surface area (Å²) in [6.45, 7) is 6.97. The summed E-state index contributed by atoms with van der Waals surface area (Å²) >= 11 is 0. The standard InChI is InChI=1S/C16H27N3O/c1-11(2)8-13(19(4)5)10-18-16(20)14-9-12(3)6-7-15(14)17/h6-7,9,11,13H,8,10,17H2,1-5H3,(H,18,20). The van der Waals surface area contributed by atoms with Gasteiger partial charge in [-0.3, -0.25) is 4.79 Å². The van der Waals surface area contributed by atoms with Gasteiger partial charge < -0.3 is 16.0 Å². The second-order valence-electron chi connectivity index (χ2n) is 6.05. The Morgan fingerprint density at radius 2 is 2.00 bits per heavy atom. The average molecular weight is 277 g/mol. The zero-order valence-corrected chi connectivity index (χ0v) is 13.2. The third-order valence-electron chi connectivity index (χ3n) is 3.43. The van der Waals surface area contributed by atoms with E-state index in [2.05, 4.69) is 24.1 Å². The number of carbonyl (C=O) groups is 1. The van der Waals surface area contributed by atoms with E-state index in [1.54, 1.807) is 6.07 Å². The molecule has 1 rings (SSSR count). The van der Waals surface area contributed by atoms with Crippen molar-refractivity contribution in [2.24, 2.45) is 5.92 Å². The van der Waals surface area contributed by atoms with Crippen LogP contribution in [0, 0.1) is 12.8 Å². The van der Waals surface area contributed by atoms with Crippen LogP contribution >= 0.6 is 0 Å². The van der Waals surface area contributed by atoms with Gasteiger partial charge in [0.2, 0.25) is 0 Å². The summed E-state index contributed by atoms with van der Waals surface area (Å²) in [5.74, 6) is 0.505. The summed E-state index contributed by atoms with van der Waals surface area (Å²) in [4.78, 5) is 14.4. The lowest BCUT2D eigenvalue weighted by atomic mass is 10.0. The fraction of sp³-hybridized carbons (Fsp3) is 0.562. The number of likely N-dealkylation sites (N-methyl/N-ethyl adjacent to an activating group) is 1. The van der Waals surface area contributed by atoms with E-state index in [9.17, 15) is 4.79 Å². The van der Waals surface area contributed by atoms with Crippen LogP contribution in [0.4, 0.5) is 5.69 Å². The third-order valence-corrected chi connectivity index (χ3v) is 3.43. The molecule has 0 aliphatic carbocycles. The summed E-state index contributed by atoms with van der Waals surface area (Å²) in [5, 5.41) is 2.99. The molecule has 0 aliphatic heterocycles. The van der Waals surface area contributed by atoms with Crippen LogP contribution in [0.3, 0.4) is 0 Å². The number of amides is 1. The predicted octanol–water partition coefficient (Wildman–Crippen LogP) is 2.28. The zero-order chi connectivity index (χ0) is 15.3. The van der Waals surface area contributed by atoms with Crippen molar-refractivity contribution in [1.82, 2.24) is 10.2 Å². The molecule has 1 aromatic carbocycles. The van der Waals surface area contributed by atoms with Crippen molar-refractivity contribution in [2.75, 3.05) is 26.4 Å². The maximum Gasteiger partial charge on any atom is 0.253 e. The second-order valence-corrected chi connectivity index (χ2v) is 6.05. The van der Waals surface area contributed by atoms with Gasteiger partial charge in [-0.2, -0.15) is 0 Å². The van der Waals surface area contributed by atoms with E-state index >= 15 is 0 Å². The zero-order valence-electron chi connectivity index (χ0n) is 13.2. The van der Waals surface area contributed by atoms with Crippen molar-refractivity contribution in [3.63, 3.8) is 0 Å². The lowest BCUT2D eigenvalue weighted by molar-refractivity contribution is 0.0939. The number of nitrogen functional groups attached to an aromatic ring is 1. The molecule has 0 saturated heterocycles. The number of hydrogen-bond acceptors (Lipinski definition) is 3. The van der Waals surface area contributed by atoms with Gasteiger partial charge in [0.15, 0.2) is 0 Å². The summed E-state index contributed by atoms with van der Waals surface area (Å²) in [5.41, 5.74) is 7.99. The van der Waals surface area contributed by atoms with Crippen LogP contribution in [0.25, 0.3) is 0 Å². The lowest BCUT2D eigenvalue weighted by Gasteiger charge is -2.26. The van der Waals surface area contributed by atoms with Gasteiger partial charge in [-0.05, 0) is 45.5 Å². The quantitative estimate of drug-likeness (QED) is 0.784. The summed E-state index contributed by atoms with van der Waals surface area (Å²) in [6.07, 6.45) is 1.05. The van der Waals surface area contributed by atoms with Gasteiger partial charge in [-0.1, -0.05) is 25.5 Å². The van der Waals surface area contributed by atoms with E-state index in [1.807, 2.05) is 33.2 Å². The molecule has 1 aromatic rings. The first-order valence-corrected chi connectivity index (χ1v) is 7.12. The Bertz CT molecular complexity index is 455. The molecular weight excluding hydrogens is 250 g/mol. The predicted molar refractivity (Wildman–Crippen MR) is 84.9 cm³/mol. The minimum atomic E-state index is -0.0955. The summed E-state index contributed by atoms with van der Waals surface area (Å²) < 4.78 is 0. The third kappa shape index (κ3) is 4.85. The minimum Gasteiger partial charge on any atom is -0.398 e. The van der Waals surface area contributed by atoms with Crippen LogP contribution < -0.4 is 11.1 Å². The Morgan fingerprint density at radius 3 is 2.55 bits per heavy atom. The molecule has 1 unspecified atom stereocenters. The highest BCUT2D eigenvalue weighted by atomic mass is 16.1. The van der Waals surface area contributed by atoms with Crippen molar-refractivity contribution < 1.29 is 4.79 Å². The molecule has 0 aromatic heterocycles. The van der Waals surface area contributed by atoms with E-state index in [4.69, 9.17) is 5.73 Å². The molecule has 4 nitrogen and oxygen atoms in total. The highest BCUT2D eigenvalue weighted by Crippen LogP contribution is 2.14. The van der Waals surface area contributed by atoms with Crippen LogP contribution in [0.1, 0.15) is 36.2 Å². The van der Waals surface area contributed by atoms with Crippen molar-refractivity contribution in [1.29, 1.82) is 0 Å². The maximum atomic E-state index is 12.2. The van der Waals surface area contributed by atoms with Gasteiger partial charge in [-0.25, -0.2) is 0 Å². The molecule has 0 radical (unpaired) electrons. The number of aryl methyl sites for hydroxylation is 1. The summed E-state index contributed by atoms with van der Waals surface area (Å²) in [7, 11) is 4.08. The molecule has 0 aliphatic rings. The second kappa shape index (κ2) is 7.29. The molecule has 1 atom stereocenters. The van der Waals surface area contributed by atoms with Crippen LogP contribution in [0.2, 0.25) is 0 Å². The van der Waals surface area contributed by atoms with E-state index < -0.39 is 0 Å². The first-order valence-electron chi connectivity index (χ1n) is 7.12. The highest BCUT2D eigenvalue weighted by Gasteiger charge is 2.16. The molecular formula is C16H27N3O. The maximum absolute atomic E-state index is 12.2. The lowest BCUT2D eigenvalue weighted by Crippen LogP contribution is -2.41. The van der Waals surface area contributed by atoms with Gasteiger partial charge in [0.1, 0.15) is 0 Å². The van der Waals surface area contributed by atoms with E-state index in [-0.39, 0.29) is 5.91 Å². The van der Waals surface area contributed by atoms with Crippen LogP contribution in [-0.2, 0) is 0 Å². The van der Waals surface area contributed by atoms with Gasteiger partial charge in [0, 0.05) is 18.3 Å². The molecule has 4 heteroatoms. The first kappa shape index (κ1) is 16.5. The van der Waals surface area contributed by atoms with Crippen molar-refractivity contribution >= 4 is 11.6 Å². The molecule has 0 heterocycles. The van der Waals surface area contributed by atoms with E-state index in [0.717, 1.165) is 12.0 Å². The first-order chi connectivity index (χ1) is 9.31. The number of nitrogens with one attached hydrogen (secondary N) is 1. The average Bonchev–Trinajstić information content (AvgIpc) is 2.36. The Hall–Kier alpha value is -1.55. The monoisotopic (exact) mass is 277 g/mol. The highest BCUT2D eigenvalue weighted by molar-refractivity contribution is 5.99. The normalized spacial score (nSPS) is 12.8. The molecule has 0 saturated carbocycles. The smallest absolute Gasteiger partial charge is 0.253 e. The molecule has 1 amide bonds. The summed E-state index contributed by atoms with van der Waals surface area (Å²) in [6, 6.07) is 5.86. The molecule has 20 heavy (non-hydrogen) atoms. The van der Waals surface area contributed by atoms with Crippen LogP contribution in [-0.4, -0.2) is 37.5 Å². The van der Waals surface area contributed by atoms with Crippen molar-refractivity contribution in [3.8, 4) is 0 Å². The fourth-order valence-corrected chi connectivity index (χ4v) is 2.19. The minimum absolute atomic E-state index is 0.0955. The molecule has 0 spiro atoms. The molecule has 112 valence electrons. The van der Waals surface area contributed by atoms with E-state index in [0.29, 0.717) is 29.8 Å². The van der Waals surface area contributed by atoms with Gasteiger partial charge in [0.05, 0.1) is 5.56 Å². The largest absolute Gasteiger partial charge is 0.398 e. The van der Waals surface area contributed by atoms with Crippen molar-refractivity contribution in [2.45, 2.75) is 33.2 Å². The van der Waals surface area contributed by atoms with Gasteiger partial charge in [-0.15, -0.1) is 0 Å². The van der Waals surface area contributed by atoms with Crippen LogP contribution in [0.15, 0.2) is 18.2 Å². The molecule has 0 fully saturated rings. The Balaban J connectivity index is 2.68. The molecule has 0 bridgehead atoms. The SMILES string of the molecule is Cc1ccc(N)c(C(=O)NCC(CC(C)C)N(C)C)c1. The topological polar surface area (TPSA) is 58.4 Å². The molecule has 3 N–H and O–H groups in total. The van der Waals surface area contributed by atoms with Gasteiger partial charge >= 0.3 is 0 Å². The number of nitrogens with two attached hydrogens (primary N) is 1. The number of nitrogens with zero attached hydrogens (tertiary/aromatic N) is 1. The number of benzene rings is 1. The van der Waals surface area contributed by atoms with Gasteiger partial charge in [0.25, 0.3) is 5.91 Å².